The van der Waals surface area contributed by atoms with Crippen molar-refractivity contribution >= 4 is 29.1 Å². The number of aryl methyl sites for hydroxylation is 1. The van der Waals surface area contributed by atoms with E-state index in [0.29, 0.717) is 5.69 Å². The summed E-state index contributed by atoms with van der Waals surface area (Å²) in [5, 5.41) is 11.0. The molecular weight excluding hydrogens is 268 g/mol. The summed E-state index contributed by atoms with van der Waals surface area (Å²) in [4.78, 5) is 21.5. The predicted molar refractivity (Wildman–Crippen MR) is 59.1 cm³/mol. The fourth-order valence-electron chi connectivity index (χ4n) is 1.00. The van der Waals surface area contributed by atoms with Crippen LogP contribution in [0.4, 0.5) is 5.69 Å². The Morgan fingerprint density at radius 2 is 2.29 bits per heavy atom. The largest absolute Gasteiger partial charge is 0.439 e. The standard InChI is InChI=1S/C8H5ClN4O3S/c1-4-3-16-8(11-4)17-6-5(13(14)15)2-10-7(9)12-6/h2-3H,1H3. The number of nitro groups is 1. The molecule has 0 unspecified atom stereocenters. The Kier molecular flexibility index (Phi) is 3.25. The van der Waals surface area contributed by atoms with Gasteiger partial charge < -0.3 is 4.42 Å². The predicted octanol–water partition coefficient (Wildman–Crippen LogP) is 2.49. The minimum Gasteiger partial charge on any atom is -0.439 e. The van der Waals surface area contributed by atoms with Gasteiger partial charge >= 0.3 is 5.69 Å². The Hall–Kier alpha value is -1.67. The molecule has 0 fully saturated rings. The van der Waals surface area contributed by atoms with Crippen LogP contribution in [0.15, 0.2) is 27.1 Å². The van der Waals surface area contributed by atoms with Crippen molar-refractivity contribution in [3.8, 4) is 0 Å². The molecule has 0 aliphatic rings. The van der Waals surface area contributed by atoms with E-state index in [1.54, 1.807) is 6.92 Å². The summed E-state index contributed by atoms with van der Waals surface area (Å²) in [5.74, 6) is 0. The van der Waals surface area contributed by atoms with Gasteiger partial charge in [0.2, 0.25) is 5.28 Å². The highest BCUT2D eigenvalue weighted by Gasteiger charge is 2.20. The van der Waals surface area contributed by atoms with Crippen LogP contribution in [-0.4, -0.2) is 19.9 Å². The molecule has 0 aromatic carbocycles. The van der Waals surface area contributed by atoms with Crippen molar-refractivity contribution < 1.29 is 9.34 Å². The summed E-state index contributed by atoms with van der Waals surface area (Å²) >= 11 is 6.51. The van der Waals surface area contributed by atoms with Crippen molar-refractivity contribution in [2.45, 2.75) is 17.2 Å². The van der Waals surface area contributed by atoms with E-state index in [1.807, 2.05) is 0 Å². The van der Waals surface area contributed by atoms with E-state index in [4.69, 9.17) is 16.0 Å². The van der Waals surface area contributed by atoms with Gasteiger partial charge in [0.05, 0.1) is 10.6 Å². The number of hydrogen-bond donors (Lipinski definition) is 0. The van der Waals surface area contributed by atoms with Gasteiger partial charge in [-0.25, -0.2) is 15.0 Å². The van der Waals surface area contributed by atoms with Gasteiger partial charge in [-0.2, -0.15) is 0 Å². The molecule has 0 aliphatic carbocycles. The molecule has 2 aromatic rings. The fourth-order valence-corrected chi connectivity index (χ4v) is 2.00. The van der Waals surface area contributed by atoms with Crippen LogP contribution in [-0.2, 0) is 0 Å². The first-order chi connectivity index (χ1) is 8.06. The molecule has 0 saturated heterocycles. The van der Waals surface area contributed by atoms with Crippen LogP contribution in [0.3, 0.4) is 0 Å². The second kappa shape index (κ2) is 4.68. The smallest absolute Gasteiger partial charge is 0.320 e. The van der Waals surface area contributed by atoms with Gasteiger partial charge in [-0.15, -0.1) is 0 Å². The van der Waals surface area contributed by atoms with Gasteiger partial charge in [-0.3, -0.25) is 10.1 Å². The van der Waals surface area contributed by atoms with Gasteiger partial charge in [-0.1, -0.05) is 0 Å². The molecule has 17 heavy (non-hydrogen) atoms. The van der Waals surface area contributed by atoms with Crippen LogP contribution >= 0.6 is 23.4 Å². The van der Waals surface area contributed by atoms with Crippen LogP contribution in [0.25, 0.3) is 0 Å². The summed E-state index contributed by atoms with van der Waals surface area (Å²) in [7, 11) is 0. The van der Waals surface area contributed by atoms with Crippen LogP contribution in [0.5, 0.6) is 0 Å². The summed E-state index contributed by atoms with van der Waals surface area (Å²) < 4.78 is 5.07. The highest BCUT2D eigenvalue weighted by molar-refractivity contribution is 7.99. The molecule has 0 aliphatic heterocycles. The molecule has 0 saturated carbocycles. The molecule has 9 heteroatoms. The first-order valence-corrected chi connectivity index (χ1v) is 5.52. The number of nitrogens with zero attached hydrogens (tertiary/aromatic N) is 4. The Morgan fingerprint density at radius 1 is 1.53 bits per heavy atom. The Bertz CT molecular complexity index is 574. The van der Waals surface area contributed by atoms with Gasteiger partial charge in [0.15, 0.2) is 5.03 Å². The van der Waals surface area contributed by atoms with E-state index in [-0.39, 0.29) is 21.2 Å². The van der Waals surface area contributed by atoms with E-state index < -0.39 is 4.92 Å². The van der Waals surface area contributed by atoms with E-state index in [2.05, 4.69) is 15.0 Å². The second-order valence-corrected chi connectivity index (χ2v) is 4.22. The van der Waals surface area contributed by atoms with Crippen molar-refractivity contribution in [3.05, 3.63) is 33.6 Å². The monoisotopic (exact) mass is 272 g/mol. The molecule has 0 spiro atoms. The Morgan fingerprint density at radius 3 is 2.88 bits per heavy atom. The summed E-state index contributed by atoms with van der Waals surface area (Å²) in [6.45, 7) is 1.74. The lowest BCUT2D eigenvalue weighted by Gasteiger charge is -1.98. The highest BCUT2D eigenvalue weighted by Crippen LogP contribution is 2.32. The average molecular weight is 273 g/mol. The third-order valence-electron chi connectivity index (χ3n) is 1.68. The SMILES string of the molecule is Cc1coc(Sc2nc(Cl)ncc2[N+](=O)[O-])n1. The number of hydrogen-bond acceptors (Lipinski definition) is 7. The first kappa shape index (κ1) is 11.8. The van der Waals surface area contributed by atoms with Crippen molar-refractivity contribution in [1.82, 2.24) is 15.0 Å². The van der Waals surface area contributed by atoms with E-state index in [1.165, 1.54) is 6.26 Å². The molecule has 0 N–H and O–H groups in total. The minimum absolute atomic E-state index is 0.0682. The topological polar surface area (TPSA) is 95.0 Å². The lowest BCUT2D eigenvalue weighted by molar-refractivity contribution is -0.388. The molecule has 0 amide bonds. The fraction of sp³-hybridized carbons (Fsp3) is 0.125. The number of oxazole rings is 1. The van der Waals surface area contributed by atoms with E-state index in [9.17, 15) is 10.1 Å². The zero-order chi connectivity index (χ0) is 12.4. The van der Waals surface area contributed by atoms with Crippen molar-refractivity contribution in [1.29, 1.82) is 0 Å². The Balaban J connectivity index is 2.37. The number of aromatic nitrogens is 3. The maximum absolute atomic E-state index is 10.7. The molecule has 7 nitrogen and oxygen atoms in total. The average Bonchev–Trinajstić information content (AvgIpc) is 2.63. The molecule has 0 radical (unpaired) electrons. The summed E-state index contributed by atoms with van der Waals surface area (Å²) in [6.07, 6.45) is 2.49. The maximum Gasteiger partial charge on any atom is 0.320 e. The molecule has 0 atom stereocenters. The molecular formula is C8H5ClN4O3S. The second-order valence-electron chi connectivity index (χ2n) is 2.94. The summed E-state index contributed by atoms with van der Waals surface area (Å²) in [6, 6.07) is 0. The minimum atomic E-state index is -0.589. The van der Waals surface area contributed by atoms with Crippen LogP contribution in [0.1, 0.15) is 5.69 Å². The van der Waals surface area contributed by atoms with Crippen LogP contribution < -0.4 is 0 Å². The molecule has 0 bridgehead atoms. The third-order valence-corrected chi connectivity index (χ3v) is 2.72. The maximum atomic E-state index is 10.7. The zero-order valence-electron chi connectivity index (χ0n) is 8.45. The zero-order valence-corrected chi connectivity index (χ0v) is 10.0. The molecule has 2 heterocycles. The van der Waals surface area contributed by atoms with Crippen molar-refractivity contribution in [2.75, 3.05) is 0 Å². The van der Waals surface area contributed by atoms with Gasteiger partial charge in [-0.05, 0) is 30.3 Å². The lowest BCUT2D eigenvalue weighted by Crippen LogP contribution is -1.95. The highest BCUT2D eigenvalue weighted by atomic mass is 35.5. The summed E-state index contributed by atoms with van der Waals surface area (Å²) in [5.41, 5.74) is 0.436. The van der Waals surface area contributed by atoms with Gasteiger partial charge in [0.25, 0.3) is 5.22 Å². The van der Waals surface area contributed by atoms with E-state index >= 15 is 0 Å². The molecule has 2 aromatic heterocycles. The van der Waals surface area contributed by atoms with Gasteiger partial charge in [0.1, 0.15) is 12.5 Å². The van der Waals surface area contributed by atoms with Crippen LogP contribution in [0.2, 0.25) is 5.28 Å². The number of rotatable bonds is 3. The quantitative estimate of drug-likeness (QED) is 0.366. The van der Waals surface area contributed by atoms with E-state index in [0.717, 1.165) is 18.0 Å². The third kappa shape index (κ3) is 2.71. The first-order valence-electron chi connectivity index (χ1n) is 4.33. The Labute approximate surface area is 104 Å². The molecule has 2 rings (SSSR count). The van der Waals surface area contributed by atoms with Crippen molar-refractivity contribution in [3.63, 3.8) is 0 Å². The molecule has 88 valence electrons. The lowest BCUT2D eigenvalue weighted by atomic mass is 10.6. The number of halogens is 1. The van der Waals surface area contributed by atoms with Crippen LogP contribution in [0, 0.1) is 17.0 Å². The van der Waals surface area contributed by atoms with Gasteiger partial charge in [0, 0.05) is 0 Å². The van der Waals surface area contributed by atoms with Crippen molar-refractivity contribution in [2.24, 2.45) is 0 Å². The normalized spacial score (nSPS) is 10.5.